The van der Waals surface area contributed by atoms with Gasteiger partial charge in [0, 0.05) is 37.8 Å². The number of Topliss-reactive ketones (excluding diaryl/α,β-unsaturated/α-hetero) is 1. The van der Waals surface area contributed by atoms with Gasteiger partial charge in [0.2, 0.25) is 0 Å². The van der Waals surface area contributed by atoms with Crippen molar-refractivity contribution < 1.29 is 4.79 Å². The number of aromatic nitrogens is 4. The third-order valence-corrected chi connectivity index (χ3v) is 3.52. The number of halogens is 1. The Hall–Kier alpha value is -1.66. The first-order chi connectivity index (χ1) is 8.90. The number of nitrogens with zero attached hydrogens (tertiary/aromatic N) is 4. The summed E-state index contributed by atoms with van der Waals surface area (Å²) in [6.45, 7) is 1.82. The molecule has 2 aromatic rings. The van der Waals surface area contributed by atoms with Gasteiger partial charge < -0.3 is 5.73 Å². The Labute approximate surface area is 116 Å². The monoisotopic (exact) mass is 281 g/mol. The highest BCUT2D eigenvalue weighted by molar-refractivity contribution is 6.30. The van der Waals surface area contributed by atoms with Crippen molar-refractivity contribution in [1.29, 1.82) is 0 Å². The van der Waals surface area contributed by atoms with Crippen LogP contribution in [0.3, 0.4) is 0 Å². The Morgan fingerprint density at radius 2 is 2.21 bits per heavy atom. The van der Waals surface area contributed by atoms with Crippen LogP contribution in [0.1, 0.15) is 22.9 Å². The second kappa shape index (κ2) is 5.14. The largest absolute Gasteiger partial charge is 0.318 e. The molecule has 0 spiro atoms. The highest BCUT2D eigenvalue weighted by atomic mass is 35.5. The number of aryl methyl sites for hydroxylation is 3. The molecule has 102 valence electrons. The van der Waals surface area contributed by atoms with Crippen LogP contribution in [-0.2, 0) is 25.3 Å². The molecule has 0 aromatic carbocycles. The second-order valence-electron chi connectivity index (χ2n) is 4.55. The van der Waals surface area contributed by atoms with E-state index >= 15 is 0 Å². The molecule has 2 N–H and O–H groups in total. The summed E-state index contributed by atoms with van der Waals surface area (Å²) in [6, 6.07) is -0.690. The fourth-order valence-corrected chi connectivity index (χ4v) is 2.19. The van der Waals surface area contributed by atoms with E-state index in [4.69, 9.17) is 17.3 Å². The molecule has 0 fully saturated rings. The molecular weight excluding hydrogens is 266 g/mol. The maximum atomic E-state index is 12.2. The van der Waals surface area contributed by atoms with E-state index in [1.54, 1.807) is 35.9 Å². The zero-order valence-corrected chi connectivity index (χ0v) is 11.8. The van der Waals surface area contributed by atoms with Crippen LogP contribution in [0, 0.1) is 6.92 Å². The molecule has 0 saturated carbocycles. The average Bonchev–Trinajstić information content (AvgIpc) is 2.88. The fraction of sp³-hybridized carbons (Fsp3) is 0.417. The van der Waals surface area contributed by atoms with Crippen LogP contribution in [0.5, 0.6) is 0 Å². The lowest BCUT2D eigenvalue weighted by molar-refractivity contribution is -0.119. The summed E-state index contributed by atoms with van der Waals surface area (Å²) in [4.78, 5) is 12.2. The van der Waals surface area contributed by atoms with Crippen molar-refractivity contribution in [3.8, 4) is 0 Å². The number of nitrogens with two attached hydrogens (primary N) is 1. The molecule has 0 aliphatic rings. The van der Waals surface area contributed by atoms with Gasteiger partial charge in [-0.15, -0.1) is 0 Å². The second-order valence-corrected chi connectivity index (χ2v) is 4.90. The quantitative estimate of drug-likeness (QED) is 0.904. The van der Waals surface area contributed by atoms with Crippen LogP contribution in [0.25, 0.3) is 0 Å². The molecule has 0 amide bonds. The van der Waals surface area contributed by atoms with Crippen molar-refractivity contribution in [2.24, 2.45) is 19.8 Å². The van der Waals surface area contributed by atoms with Gasteiger partial charge in [0.1, 0.15) is 5.15 Å². The molecule has 2 aromatic heterocycles. The van der Waals surface area contributed by atoms with Gasteiger partial charge >= 0.3 is 0 Å². The molecule has 19 heavy (non-hydrogen) atoms. The molecule has 0 radical (unpaired) electrons. The van der Waals surface area contributed by atoms with Gasteiger partial charge in [-0.05, 0) is 6.92 Å². The SMILES string of the molecule is Cc1nn(C)c(Cl)c1CC(=O)C(N)c1cnn(C)c1. The van der Waals surface area contributed by atoms with E-state index in [0.717, 1.165) is 11.3 Å². The van der Waals surface area contributed by atoms with Gasteiger partial charge in [0.05, 0.1) is 17.9 Å². The molecule has 0 saturated heterocycles. The summed E-state index contributed by atoms with van der Waals surface area (Å²) in [6.07, 6.45) is 3.51. The first-order valence-corrected chi connectivity index (χ1v) is 6.22. The topological polar surface area (TPSA) is 78.7 Å². The fourth-order valence-electron chi connectivity index (χ4n) is 1.95. The predicted molar refractivity (Wildman–Crippen MR) is 71.8 cm³/mol. The van der Waals surface area contributed by atoms with Gasteiger partial charge in [0.25, 0.3) is 0 Å². The van der Waals surface area contributed by atoms with Crippen molar-refractivity contribution in [2.75, 3.05) is 0 Å². The van der Waals surface area contributed by atoms with Crippen molar-refractivity contribution in [3.05, 3.63) is 34.4 Å². The predicted octanol–water partition coefficient (Wildman–Crippen LogP) is 0.927. The summed E-state index contributed by atoms with van der Waals surface area (Å²) in [5.41, 5.74) is 8.11. The van der Waals surface area contributed by atoms with Gasteiger partial charge in [-0.1, -0.05) is 11.6 Å². The van der Waals surface area contributed by atoms with Crippen molar-refractivity contribution in [3.63, 3.8) is 0 Å². The molecule has 1 unspecified atom stereocenters. The molecular formula is C12H16ClN5O. The minimum atomic E-state index is -0.690. The van der Waals surface area contributed by atoms with Gasteiger partial charge in [0.15, 0.2) is 5.78 Å². The van der Waals surface area contributed by atoms with Crippen LogP contribution in [0.2, 0.25) is 5.15 Å². The van der Waals surface area contributed by atoms with Crippen LogP contribution >= 0.6 is 11.6 Å². The smallest absolute Gasteiger partial charge is 0.158 e. The Kier molecular flexibility index (Phi) is 3.73. The number of carbonyl (C=O) groups is 1. The van der Waals surface area contributed by atoms with E-state index in [1.807, 2.05) is 6.92 Å². The molecule has 7 heteroatoms. The normalized spacial score (nSPS) is 12.7. The molecule has 6 nitrogen and oxygen atoms in total. The first kappa shape index (κ1) is 13.8. The van der Waals surface area contributed by atoms with E-state index in [2.05, 4.69) is 10.2 Å². The third kappa shape index (κ3) is 2.69. The van der Waals surface area contributed by atoms with Gasteiger partial charge in [-0.2, -0.15) is 10.2 Å². The Morgan fingerprint density at radius 3 is 2.68 bits per heavy atom. The van der Waals surface area contributed by atoms with E-state index < -0.39 is 6.04 Å². The zero-order valence-electron chi connectivity index (χ0n) is 11.1. The summed E-state index contributed by atoms with van der Waals surface area (Å²) in [5.74, 6) is -0.106. The van der Waals surface area contributed by atoms with E-state index in [9.17, 15) is 4.79 Å². The lowest BCUT2D eigenvalue weighted by Crippen LogP contribution is -2.23. The van der Waals surface area contributed by atoms with Crippen LogP contribution in [0.4, 0.5) is 0 Å². The Bertz CT molecular complexity index is 616. The maximum absolute atomic E-state index is 12.2. The van der Waals surface area contributed by atoms with Crippen LogP contribution < -0.4 is 5.73 Å². The van der Waals surface area contributed by atoms with Gasteiger partial charge in [-0.25, -0.2) is 0 Å². The van der Waals surface area contributed by atoms with E-state index in [1.165, 1.54) is 0 Å². The molecule has 0 aliphatic carbocycles. The van der Waals surface area contributed by atoms with Crippen LogP contribution in [-0.4, -0.2) is 25.3 Å². The number of hydrogen-bond acceptors (Lipinski definition) is 4. The number of hydrogen-bond donors (Lipinski definition) is 1. The highest BCUT2D eigenvalue weighted by Gasteiger charge is 2.21. The molecule has 2 heterocycles. The van der Waals surface area contributed by atoms with Crippen LogP contribution in [0.15, 0.2) is 12.4 Å². The van der Waals surface area contributed by atoms with E-state index in [-0.39, 0.29) is 12.2 Å². The maximum Gasteiger partial charge on any atom is 0.158 e. The molecule has 1 atom stereocenters. The lowest BCUT2D eigenvalue weighted by atomic mass is 10.0. The highest BCUT2D eigenvalue weighted by Crippen LogP contribution is 2.21. The van der Waals surface area contributed by atoms with Crippen molar-refractivity contribution in [2.45, 2.75) is 19.4 Å². The Balaban J connectivity index is 2.17. The standard InChI is InChI=1S/C12H16ClN5O/c1-7-9(12(13)18(3)16-7)4-10(19)11(14)8-5-15-17(2)6-8/h5-6,11H,4,14H2,1-3H3. The summed E-state index contributed by atoms with van der Waals surface area (Å²) < 4.78 is 3.17. The molecule has 0 aliphatic heterocycles. The average molecular weight is 282 g/mol. The summed E-state index contributed by atoms with van der Waals surface area (Å²) in [5, 5.41) is 8.66. The zero-order chi connectivity index (χ0) is 14.2. The number of rotatable bonds is 4. The Morgan fingerprint density at radius 1 is 1.53 bits per heavy atom. The third-order valence-electron chi connectivity index (χ3n) is 3.05. The summed E-state index contributed by atoms with van der Waals surface area (Å²) >= 11 is 6.10. The minimum absolute atomic E-state index is 0.106. The first-order valence-electron chi connectivity index (χ1n) is 5.85. The van der Waals surface area contributed by atoms with Gasteiger partial charge in [-0.3, -0.25) is 14.2 Å². The molecule has 2 rings (SSSR count). The van der Waals surface area contributed by atoms with E-state index in [0.29, 0.717) is 10.7 Å². The van der Waals surface area contributed by atoms with Crippen molar-refractivity contribution in [1.82, 2.24) is 19.6 Å². The lowest BCUT2D eigenvalue weighted by Gasteiger charge is -2.08. The number of carbonyl (C=O) groups excluding carboxylic acids is 1. The summed E-state index contributed by atoms with van der Waals surface area (Å²) in [7, 11) is 3.52. The minimum Gasteiger partial charge on any atom is -0.318 e. The van der Waals surface area contributed by atoms with Crippen molar-refractivity contribution >= 4 is 17.4 Å². The molecule has 0 bridgehead atoms. The number of ketones is 1.